The van der Waals surface area contributed by atoms with Crippen LogP contribution in [0, 0.1) is 19.8 Å². The lowest BCUT2D eigenvalue weighted by Crippen LogP contribution is -2.43. The average molecular weight is 484 g/mol. The van der Waals surface area contributed by atoms with Gasteiger partial charge in [-0.3, -0.25) is 9.59 Å². The first-order valence-electron chi connectivity index (χ1n) is 12.0. The number of nitrogens with zero attached hydrogens (tertiary/aromatic N) is 2. The molecule has 2 saturated heterocycles. The minimum Gasteiger partial charge on any atom is -0.342 e. The van der Waals surface area contributed by atoms with Crippen LogP contribution >= 0.6 is 0 Å². The third-order valence-corrected chi connectivity index (χ3v) is 8.76. The van der Waals surface area contributed by atoms with Crippen molar-refractivity contribution < 1.29 is 18.0 Å². The number of likely N-dealkylation sites (tertiary alicyclic amines) is 1. The van der Waals surface area contributed by atoms with Crippen molar-refractivity contribution in [1.82, 2.24) is 9.21 Å². The van der Waals surface area contributed by atoms with Gasteiger partial charge in [0.05, 0.1) is 17.2 Å². The monoisotopic (exact) mass is 483 g/mol. The van der Waals surface area contributed by atoms with Gasteiger partial charge in [-0.25, -0.2) is 8.42 Å². The first kappa shape index (κ1) is 24.4. The van der Waals surface area contributed by atoms with Crippen molar-refractivity contribution in [2.24, 2.45) is 5.92 Å². The molecule has 0 radical (unpaired) electrons. The minimum atomic E-state index is -3.66. The van der Waals surface area contributed by atoms with Crippen LogP contribution in [0.1, 0.15) is 42.4 Å². The van der Waals surface area contributed by atoms with Crippen molar-refractivity contribution >= 4 is 27.5 Å². The molecule has 0 spiro atoms. The summed E-state index contributed by atoms with van der Waals surface area (Å²) in [5.41, 5.74) is 3.16. The van der Waals surface area contributed by atoms with E-state index >= 15 is 0 Å². The quantitative estimate of drug-likeness (QED) is 0.681. The molecule has 7 nitrogen and oxygen atoms in total. The van der Waals surface area contributed by atoms with E-state index in [4.69, 9.17) is 0 Å². The molecule has 0 bridgehead atoms. The van der Waals surface area contributed by atoms with Crippen LogP contribution in [0.5, 0.6) is 0 Å². The molecule has 182 valence electrons. The van der Waals surface area contributed by atoms with Gasteiger partial charge in [0.25, 0.3) is 0 Å². The van der Waals surface area contributed by atoms with Gasteiger partial charge < -0.3 is 10.2 Å². The Balaban J connectivity index is 1.37. The normalized spacial score (nSPS) is 19.2. The van der Waals surface area contributed by atoms with Crippen LogP contribution in [0.15, 0.2) is 47.4 Å². The van der Waals surface area contributed by atoms with E-state index in [1.165, 1.54) is 4.31 Å². The summed E-state index contributed by atoms with van der Waals surface area (Å²) in [6.45, 7) is 5.93. The summed E-state index contributed by atoms with van der Waals surface area (Å²) in [6.07, 6.45) is 3.79. The lowest BCUT2D eigenvalue weighted by molar-refractivity contribution is -0.129. The van der Waals surface area contributed by atoms with E-state index < -0.39 is 15.9 Å². The van der Waals surface area contributed by atoms with Crippen LogP contribution in [0.25, 0.3) is 0 Å². The van der Waals surface area contributed by atoms with Crippen LogP contribution in [0.4, 0.5) is 5.69 Å². The Labute approximate surface area is 202 Å². The van der Waals surface area contributed by atoms with Gasteiger partial charge in [0.2, 0.25) is 21.8 Å². The third-order valence-electron chi connectivity index (χ3n) is 6.75. The first-order chi connectivity index (χ1) is 16.2. The van der Waals surface area contributed by atoms with Gasteiger partial charge in [-0.05, 0) is 74.4 Å². The molecular formula is C26H33N3O4S. The summed E-state index contributed by atoms with van der Waals surface area (Å²) in [7, 11) is -3.66. The maximum atomic E-state index is 13.3. The molecule has 0 aromatic heterocycles. The minimum absolute atomic E-state index is 0.140. The lowest BCUT2D eigenvalue weighted by Gasteiger charge is -2.31. The number of rotatable bonds is 6. The largest absolute Gasteiger partial charge is 0.342 e. The average Bonchev–Trinajstić information content (AvgIpc) is 3.37. The summed E-state index contributed by atoms with van der Waals surface area (Å²) in [5.74, 6) is -0.451. The smallest absolute Gasteiger partial charge is 0.243 e. The SMILES string of the molecule is Cc1ccc(C)c(S(=O)(=O)N2CCCC(C(=O)Nc3ccc(CC(=O)N4CCCC4)cc3)C2)c1. The molecule has 0 saturated carbocycles. The van der Waals surface area contributed by atoms with E-state index in [-0.39, 0.29) is 18.4 Å². The number of hydrogen-bond donors (Lipinski definition) is 1. The molecule has 34 heavy (non-hydrogen) atoms. The number of hydrogen-bond acceptors (Lipinski definition) is 4. The third kappa shape index (κ3) is 5.50. The van der Waals surface area contributed by atoms with Crippen LogP contribution in [-0.2, 0) is 26.0 Å². The number of nitrogens with one attached hydrogen (secondary N) is 1. The fourth-order valence-electron chi connectivity index (χ4n) is 4.70. The molecule has 2 aliphatic rings. The molecule has 1 unspecified atom stereocenters. The van der Waals surface area contributed by atoms with Crippen molar-refractivity contribution in [1.29, 1.82) is 0 Å². The summed E-state index contributed by atoms with van der Waals surface area (Å²) < 4.78 is 28.0. The Morgan fingerprint density at radius 1 is 0.971 bits per heavy atom. The Hall–Kier alpha value is -2.71. The van der Waals surface area contributed by atoms with Crippen LogP contribution < -0.4 is 5.32 Å². The lowest BCUT2D eigenvalue weighted by atomic mass is 9.98. The van der Waals surface area contributed by atoms with E-state index in [0.29, 0.717) is 42.0 Å². The fourth-order valence-corrected chi connectivity index (χ4v) is 6.54. The summed E-state index contributed by atoms with van der Waals surface area (Å²) in [6, 6.07) is 12.7. The molecule has 4 rings (SSSR count). The topological polar surface area (TPSA) is 86.8 Å². The molecule has 2 amide bonds. The Kier molecular flexibility index (Phi) is 7.38. The number of aryl methyl sites for hydroxylation is 2. The zero-order chi connectivity index (χ0) is 24.3. The molecule has 2 aromatic rings. The van der Waals surface area contributed by atoms with Crippen molar-refractivity contribution in [2.45, 2.75) is 50.8 Å². The zero-order valence-corrected chi connectivity index (χ0v) is 20.7. The van der Waals surface area contributed by atoms with E-state index in [1.54, 1.807) is 25.1 Å². The van der Waals surface area contributed by atoms with E-state index in [1.807, 2.05) is 36.1 Å². The van der Waals surface area contributed by atoms with E-state index in [2.05, 4.69) is 5.32 Å². The highest BCUT2D eigenvalue weighted by atomic mass is 32.2. The first-order valence-corrected chi connectivity index (χ1v) is 13.4. The molecule has 1 N–H and O–H groups in total. The second-order valence-electron chi connectivity index (χ2n) is 9.42. The molecule has 8 heteroatoms. The van der Waals surface area contributed by atoms with Crippen molar-refractivity contribution in [3.05, 3.63) is 59.2 Å². The number of carbonyl (C=O) groups is 2. The van der Waals surface area contributed by atoms with Crippen LogP contribution in [-0.4, -0.2) is 55.6 Å². The molecule has 2 aliphatic heterocycles. The van der Waals surface area contributed by atoms with Gasteiger partial charge in [0, 0.05) is 31.9 Å². The van der Waals surface area contributed by atoms with E-state index in [0.717, 1.165) is 37.1 Å². The number of sulfonamides is 1. The highest BCUT2D eigenvalue weighted by molar-refractivity contribution is 7.89. The zero-order valence-electron chi connectivity index (χ0n) is 19.9. The van der Waals surface area contributed by atoms with Gasteiger partial charge >= 0.3 is 0 Å². The predicted octanol–water partition coefficient (Wildman–Crippen LogP) is 3.51. The van der Waals surface area contributed by atoms with Crippen LogP contribution in [0.3, 0.4) is 0 Å². The Morgan fingerprint density at radius 2 is 1.68 bits per heavy atom. The second-order valence-corrected chi connectivity index (χ2v) is 11.3. The van der Waals surface area contributed by atoms with Gasteiger partial charge in [0.1, 0.15) is 0 Å². The van der Waals surface area contributed by atoms with Gasteiger partial charge in [-0.2, -0.15) is 4.31 Å². The van der Waals surface area contributed by atoms with Crippen LogP contribution in [0.2, 0.25) is 0 Å². The number of benzene rings is 2. The maximum Gasteiger partial charge on any atom is 0.243 e. The number of amides is 2. The molecule has 2 heterocycles. The van der Waals surface area contributed by atoms with Crippen molar-refractivity contribution in [3.8, 4) is 0 Å². The van der Waals surface area contributed by atoms with E-state index in [9.17, 15) is 18.0 Å². The van der Waals surface area contributed by atoms with Gasteiger partial charge in [-0.15, -0.1) is 0 Å². The second kappa shape index (κ2) is 10.3. The van der Waals surface area contributed by atoms with Gasteiger partial charge in [-0.1, -0.05) is 24.3 Å². The Bertz CT molecular complexity index is 1160. The molecule has 0 aliphatic carbocycles. The highest BCUT2D eigenvalue weighted by Gasteiger charge is 2.34. The Morgan fingerprint density at radius 3 is 2.38 bits per heavy atom. The van der Waals surface area contributed by atoms with Gasteiger partial charge in [0.15, 0.2) is 0 Å². The fraction of sp³-hybridized carbons (Fsp3) is 0.462. The number of piperidine rings is 1. The highest BCUT2D eigenvalue weighted by Crippen LogP contribution is 2.27. The van der Waals surface area contributed by atoms with Crippen molar-refractivity contribution in [2.75, 3.05) is 31.5 Å². The predicted molar refractivity (Wildman–Crippen MR) is 132 cm³/mol. The molecule has 2 aromatic carbocycles. The number of carbonyl (C=O) groups excluding carboxylic acids is 2. The number of anilines is 1. The maximum absolute atomic E-state index is 13.3. The standard InChI is InChI=1S/C26H33N3O4S/c1-19-7-8-20(2)24(16-19)34(32,33)29-15-5-6-22(18-29)26(31)27-23-11-9-21(10-12-23)17-25(30)28-13-3-4-14-28/h7-12,16,22H,3-6,13-15,17-18H2,1-2H3,(H,27,31). The van der Waals surface area contributed by atoms with Crippen molar-refractivity contribution in [3.63, 3.8) is 0 Å². The summed E-state index contributed by atoms with van der Waals surface area (Å²) in [4.78, 5) is 27.5. The molecular weight excluding hydrogens is 450 g/mol. The summed E-state index contributed by atoms with van der Waals surface area (Å²) >= 11 is 0. The molecule has 2 fully saturated rings. The summed E-state index contributed by atoms with van der Waals surface area (Å²) in [5, 5.41) is 2.92. The molecule has 1 atom stereocenters.